The van der Waals surface area contributed by atoms with Gasteiger partial charge in [0, 0.05) is 44.7 Å². The van der Waals surface area contributed by atoms with Crippen molar-refractivity contribution in [1.82, 2.24) is 14.7 Å². The van der Waals surface area contributed by atoms with E-state index in [1.807, 2.05) is 32.6 Å². The van der Waals surface area contributed by atoms with Crippen molar-refractivity contribution in [1.29, 1.82) is 0 Å². The molecule has 0 radical (unpaired) electrons. The van der Waals surface area contributed by atoms with Crippen LogP contribution in [0.15, 0.2) is 0 Å². The third-order valence-corrected chi connectivity index (χ3v) is 5.33. The Balaban J connectivity index is 1.89. The number of rotatable bonds is 2. The van der Waals surface area contributed by atoms with Crippen LogP contribution >= 0.6 is 0 Å². The normalized spacial score (nSPS) is 27.9. The predicted octanol–water partition coefficient (Wildman–Crippen LogP) is 2.07. The summed E-state index contributed by atoms with van der Waals surface area (Å²) in [7, 11) is 0. The summed E-state index contributed by atoms with van der Waals surface area (Å²) in [6.07, 6.45) is 1.21. The first-order valence-electron chi connectivity index (χ1n) is 9.41. The van der Waals surface area contributed by atoms with Crippen molar-refractivity contribution >= 4 is 11.8 Å². The fourth-order valence-electron chi connectivity index (χ4n) is 4.05. The van der Waals surface area contributed by atoms with Crippen molar-refractivity contribution in [2.45, 2.75) is 54.0 Å². The molecule has 0 bridgehead atoms. The Morgan fingerprint density at radius 3 is 1.88 bits per heavy atom. The van der Waals surface area contributed by atoms with Gasteiger partial charge in [0.05, 0.1) is 6.04 Å². The monoisotopic (exact) mass is 337 g/mol. The van der Waals surface area contributed by atoms with Gasteiger partial charge in [-0.25, -0.2) is 0 Å². The van der Waals surface area contributed by atoms with Crippen molar-refractivity contribution < 1.29 is 9.59 Å². The zero-order chi connectivity index (χ0) is 18.1. The quantitative estimate of drug-likeness (QED) is 0.775. The molecule has 2 heterocycles. The molecule has 0 aromatic heterocycles. The Labute approximate surface area is 147 Å². The highest BCUT2D eigenvalue weighted by molar-refractivity contribution is 5.82. The van der Waals surface area contributed by atoms with Crippen LogP contribution in [0.2, 0.25) is 0 Å². The van der Waals surface area contributed by atoms with E-state index >= 15 is 0 Å². The maximum absolute atomic E-state index is 12.9. The van der Waals surface area contributed by atoms with Gasteiger partial charge in [0.2, 0.25) is 11.8 Å². The minimum atomic E-state index is -0.330. The molecule has 0 aromatic rings. The van der Waals surface area contributed by atoms with Gasteiger partial charge in [0.25, 0.3) is 0 Å². The number of carbonyl (C=O) groups is 2. The van der Waals surface area contributed by atoms with Crippen LogP contribution < -0.4 is 0 Å². The second-order valence-corrected chi connectivity index (χ2v) is 8.94. The maximum Gasteiger partial charge on any atom is 0.239 e. The van der Waals surface area contributed by atoms with E-state index in [9.17, 15) is 9.59 Å². The van der Waals surface area contributed by atoms with Crippen molar-refractivity contribution in [2.75, 3.05) is 39.3 Å². The van der Waals surface area contributed by atoms with E-state index in [1.165, 1.54) is 6.42 Å². The summed E-state index contributed by atoms with van der Waals surface area (Å²) in [5.74, 6) is 1.64. The fourth-order valence-corrected chi connectivity index (χ4v) is 4.05. The first-order valence-corrected chi connectivity index (χ1v) is 9.41. The van der Waals surface area contributed by atoms with Crippen LogP contribution in [0.4, 0.5) is 0 Å². The lowest BCUT2D eigenvalue weighted by Crippen LogP contribution is -2.57. The number of hydrogen-bond donors (Lipinski definition) is 0. The molecule has 0 aliphatic carbocycles. The van der Waals surface area contributed by atoms with E-state index in [0.29, 0.717) is 11.8 Å². The lowest BCUT2D eigenvalue weighted by atomic mass is 9.91. The third kappa shape index (κ3) is 4.50. The van der Waals surface area contributed by atoms with Gasteiger partial charge in [-0.1, -0.05) is 34.6 Å². The second-order valence-electron chi connectivity index (χ2n) is 8.94. The number of carbonyl (C=O) groups excluding carboxylic acids is 2. The molecule has 0 N–H and O–H groups in total. The van der Waals surface area contributed by atoms with E-state index in [1.54, 1.807) is 0 Å². The van der Waals surface area contributed by atoms with Gasteiger partial charge >= 0.3 is 0 Å². The molecule has 5 nitrogen and oxygen atoms in total. The SMILES string of the molecule is CC1CC(C)CN(C(=O)C(C)N2CCN(C(=O)C(C)(C)C)CC2)C1. The van der Waals surface area contributed by atoms with Gasteiger partial charge in [0.15, 0.2) is 0 Å². The highest BCUT2D eigenvalue weighted by atomic mass is 16.2. The topological polar surface area (TPSA) is 43.9 Å². The Hall–Kier alpha value is -1.10. The molecule has 3 atom stereocenters. The van der Waals surface area contributed by atoms with Crippen molar-refractivity contribution in [3.8, 4) is 0 Å². The molecule has 0 aromatic carbocycles. The Morgan fingerprint density at radius 1 is 0.917 bits per heavy atom. The summed E-state index contributed by atoms with van der Waals surface area (Å²) < 4.78 is 0. The summed E-state index contributed by atoms with van der Waals surface area (Å²) >= 11 is 0. The number of piperidine rings is 1. The molecule has 0 spiro atoms. The number of nitrogens with zero attached hydrogens (tertiary/aromatic N) is 3. The molecule has 2 fully saturated rings. The summed E-state index contributed by atoms with van der Waals surface area (Å²) in [4.78, 5) is 31.5. The molecular formula is C19H35N3O2. The molecule has 3 unspecified atom stereocenters. The molecule has 2 aliphatic heterocycles. The van der Waals surface area contributed by atoms with Crippen molar-refractivity contribution in [3.63, 3.8) is 0 Å². The van der Waals surface area contributed by atoms with Gasteiger partial charge in [0.1, 0.15) is 0 Å². The Kier molecular flexibility index (Phi) is 5.95. The lowest BCUT2D eigenvalue weighted by Gasteiger charge is -2.42. The zero-order valence-corrected chi connectivity index (χ0v) is 16.3. The van der Waals surface area contributed by atoms with Gasteiger partial charge in [-0.3, -0.25) is 14.5 Å². The molecule has 2 amide bonds. The van der Waals surface area contributed by atoms with Crippen LogP contribution in [-0.2, 0) is 9.59 Å². The molecule has 2 saturated heterocycles. The molecule has 5 heteroatoms. The van der Waals surface area contributed by atoms with Gasteiger partial charge in [-0.2, -0.15) is 0 Å². The smallest absolute Gasteiger partial charge is 0.239 e. The Morgan fingerprint density at radius 2 is 1.42 bits per heavy atom. The second kappa shape index (κ2) is 7.42. The highest BCUT2D eigenvalue weighted by Gasteiger charge is 2.34. The van der Waals surface area contributed by atoms with E-state index in [4.69, 9.17) is 0 Å². The average Bonchev–Trinajstić information content (AvgIpc) is 2.51. The minimum Gasteiger partial charge on any atom is -0.341 e. The van der Waals surface area contributed by atoms with Crippen LogP contribution in [0, 0.1) is 17.3 Å². The summed E-state index contributed by atoms with van der Waals surface area (Å²) in [6.45, 7) is 17.2. The van der Waals surface area contributed by atoms with E-state index in [0.717, 1.165) is 39.3 Å². The molecule has 2 aliphatic rings. The zero-order valence-electron chi connectivity index (χ0n) is 16.3. The van der Waals surface area contributed by atoms with E-state index in [-0.39, 0.29) is 23.3 Å². The van der Waals surface area contributed by atoms with Crippen LogP contribution in [0.25, 0.3) is 0 Å². The predicted molar refractivity (Wildman–Crippen MR) is 96.6 cm³/mol. The van der Waals surface area contributed by atoms with Gasteiger partial charge in [-0.15, -0.1) is 0 Å². The van der Waals surface area contributed by atoms with Crippen molar-refractivity contribution in [3.05, 3.63) is 0 Å². The molecule has 24 heavy (non-hydrogen) atoms. The number of amides is 2. The number of likely N-dealkylation sites (tertiary alicyclic amines) is 1. The first-order chi connectivity index (χ1) is 11.1. The largest absolute Gasteiger partial charge is 0.341 e. The average molecular weight is 338 g/mol. The van der Waals surface area contributed by atoms with Crippen LogP contribution in [0.3, 0.4) is 0 Å². The minimum absolute atomic E-state index is 0.0885. The maximum atomic E-state index is 12.9. The standard InChI is InChI=1S/C19H35N3O2/c1-14-11-15(2)13-22(12-14)17(23)16(3)20-7-9-21(10-8-20)18(24)19(4,5)6/h14-16H,7-13H2,1-6H3. The van der Waals surface area contributed by atoms with Gasteiger partial charge < -0.3 is 9.80 Å². The summed E-state index contributed by atoms with van der Waals surface area (Å²) in [5.41, 5.74) is -0.330. The van der Waals surface area contributed by atoms with E-state index < -0.39 is 0 Å². The van der Waals surface area contributed by atoms with Gasteiger partial charge in [-0.05, 0) is 25.2 Å². The molecule has 2 rings (SSSR count). The van der Waals surface area contributed by atoms with Crippen LogP contribution in [-0.4, -0.2) is 71.8 Å². The Bertz CT molecular complexity index is 454. The van der Waals surface area contributed by atoms with Crippen molar-refractivity contribution in [2.24, 2.45) is 17.3 Å². The first kappa shape index (κ1) is 19.2. The number of hydrogen-bond acceptors (Lipinski definition) is 3. The summed E-state index contributed by atoms with van der Waals surface area (Å²) in [6, 6.07) is -0.0885. The number of piperazine rings is 1. The van der Waals surface area contributed by atoms with E-state index in [2.05, 4.69) is 23.6 Å². The molecular weight excluding hydrogens is 302 g/mol. The molecule has 0 saturated carbocycles. The lowest BCUT2D eigenvalue weighted by molar-refractivity contribution is -0.144. The molecule has 138 valence electrons. The van der Waals surface area contributed by atoms with Crippen LogP contribution in [0.1, 0.15) is 48.0 Å². The fraction of sp³-hybridized carbons (Fsp3) is 0.895. The van der Waals surface area contributed by atoms with Crippen LogP contribution in [0.5, 0.6) is 0 Å². The summed E-state index contributed by atoms with van der Waals surface area (Å²) in [5, 5.41) is 0. The third-order valence-electron chi connectivity index (χ3n) is 5.33. The highest BCUT2D eigenvalue weighted by Crippen LogP contribution is 2.23.